The van der Waals surface area contributed by atoms with E-state index in [9.17, 15) is 24.3 Å². The lowest BCUT2D eigenvalue weighted by atomic mass is 9.95. The Labute approximate surface area is 226 Å². The van der Waals surface area contributed by atoms with Crippen molar-refractivity contribution >= 4 is 23.9 Å². The van der Waals surface area contributed by atoms with E-state index in [1.165, 1.54) is 24.1 Å². The summed E-state index contributed by atoms with van der Waals surface area (Å²) in [5, 5.41) is 15.1. The van der Waals surface area contributed by atoms with Gasteiger partial charge in [0.05, 0.1) is 7.11 Å². The molecule has 3 amide bonds. The number of phenolic OH excluding ortho intramolecular Hbond substituents is 1. The van der Waals surface area contributed by atoms with Crippen LogP contribution >= 0.6 is 0 Å². The first-order valence-corrected chi connectivity index (χ1v) is 13.3. The Kier molecular flexibility index (Phi) is 13.6. The third-order valence-corrected chi connectivity index (χ3v) is 6.09. The zero-order valence-electron chi connectivity index (χ0n) is 23.8. The molecule has 0 spiro atoms. The summed E-state index contributed by atoms with van der Waals surface area (Å²) in [7, 11) is 1.22. The summed E-state index contributed by atoms with van der Waals surface area (Å²) in [5.74, 6) is -1.90. The molecule has 1 rings (SSSR count). The Morgan fingerprint density at radius 1 is 1.03 bits per heavy atom. The summed E-state index contributed by atoms with van der Waals surface area (Å²) in [6, 6.07) is 3.92. The van der Waals surface area contributed by atoms with Crippen molar-refractivity contribution in [3.8, 4) is 5.75 Å². The standard InChI is InChI=1S/C28H45N3O7/c1-8-10-11-12-17-31(26(35)23(19(3)9-2)30-27(36)38-28(4,5)6)24(20-13-15-21(32)16-14-20)25(34)29-18-22(33)37-7/h13-16,19,23-24,32H,8-12,17-18H2,1-7H3,(H,29,34)(H,30,36). The van der Waals surface area contributed by atoms with Crippen LogP contribution in [0.1, 0.15) is 85.3 Å². The number of aromatic hydroxyl groups is 1. The van der Waals surface area contributed by atoms with Crippen molar-refractivity contribution in [3.05, 3.63) is 29.8 Å². The fourth-order valence-electron chi connectivity index (χ4n) is 3.83. The van der Waals surface area contributed by atoms with Crippen LogP contribution in [-0.4, -0.2) is 65.7 Å². The number of rotatable bonds is 14. The largest absolute Gasteiger partial charge is 0.508 e. The minimum Gasteiger partial charge on any atom is -0.508 e. The summed E-state index contributed by atoms with van der Waals surface area (Å²) in [5.41, 5.74) is -0.302. The summed E-state index contributed by atoms with van der Waals surface area (Å²) in [4.78, 5) is 53.4. The number of esters is 1. The van der Waals surface area contributed by atoms with Crippen molar-refractivity contribution in [1.29, 1.82) is 0 Å². The fraction of sp³-hybridized carbons (Fsp3) is 0.643. The maximum Gasteiger partial charge on any atom is 0.408 e. The van der Waals surface area contributed by atoms with Crippen LogP contribution in [0.25, 0.3) is 0 Å². The van der Waals surface area contributed by atoms with Crippen molar-refractivity contribution in [2.24, 2.45) is 5.92 Å². The van der Waals surface area contributed by atoms with Crippen molar-refractivity contribution in [2.45, 2.75) is 91.3 Å². The maximum absolute atomic E-state index is 14.1. The van der Waals surface area contributed by atoms with Gasteiger partial charge in [-0.25, -0.2) is 4.79 Å². The molecule has 3 atom stereocenters. The number of unbranched alkanes of at least 4 members (excludes halogenated alkanes) is 3. The van der Waals surface area contributed by atoms with E-state index in [0.717, 1.165) is 19.3 Å². The van der Waals surface area contributed by atoms with Crippen molar-refractivity contribution < 1.29 is 33.8 Å². The predicted octanol–water partition coefficient (Wildman–Crippen LogP) is 4.07. The molecule has 0 saturated heterocycles. The van der Waals surface area contributed by atoms with Gasteiger partial charge in [-0.15, -0.1) is 0 Å². The van der Waals surface area contributed by atoms with Crippen molar-refractivity contribution in [3.63, 3.8) is 0 Å². The van der Waals surface area contributed by atoms with Gasteiger partial charge < -0.3 is 30.1 Å². The van der Waals surface area contributed by atoms with Gasteiger partial charge in [-0.2, -0.15) is 0 Å². The molecule has 0 aliphatic carbocycles. The summed E-state index contributed by atoms with van der Waals surface area (Å²) in [6.07, 6.45) is 3.31. The van der Waals surface area contributed by atoms with Gasteiger partial charge in [-0.3, -0.25) is 14.4 Å². The number of phenols is 1. The quantitative estimate of drug-likeness (QED) is 0.241. The summed E-state index contributed by atoms with van der Waals surface area (Å²) in [6.45, 7) is 10.9. The number of amides is 3. The molecule has 214 valence electrons. The van der Waals surface area contributed by atoms with Crippen LogP contribution < -0.4 is 10.6 Å². The van der Waals surface area contributed by atoms with E-state index in [2.05, 4.69) is 22.3 Å². The second kappa shape index (κ2) is 15.8. The van der Waals surface area contributed by atoms with Crippen LogP contribution in [0.15, 0.2) is 24.3 Å². The molecule has 0 aromatic heterocycles. The first kappa shape index (κ1) is 32.7. The van der Waals surface area contributed by atoms with Crippen LogP contribution in [0, 0.1) is 5.92 Å². The van der Waals surface area contributed by atoms with Gasteiger partial charge in [-0.1, -0.05) is 58.6 Å². The van der Waals surface area contributed by atoms with E-state index in [1.807, 2.05) is 13.8 Å². The number of alkyl carbamates (subject to hydrolysis) is 1. The number of carbonyl (C=O) groups excluding carboxylic acids is 4. The number of nitrogens with zero attached hydrogens (tertiary/aromatic N) is 1. The molecule has 3 N–H and O–H groups in total. The highest BCUT2D eigenvalue weighted by atomic mass is 16.6. The fourth-order valence-corrected chi connectivity index (χ4v) is 3.83. The Balaban J connectivity index is 3.49. The molecule has 10 nitrogen and oxygen atoms in total. The smallest absolute Gasteiger partial charge is 0.408 e. The third-order valence-electron chi connectivity index (χ3n) is 6.09. The van der Waals surface area contributed by atoms with Crippen molar-refractivity contribution in [1.82, 2.24) is 15.5 Å². The SMILES string of the molecule is CCCCCCN(C(=O)C(NC(=O)OC(C)(C)C)C(C)CC)C(C(=O)NCC(=O)OC)c1ccc(O)cc1. The van der Waals surface area contributed by atoms with E-state index in [1.54, 1.807) is 32.9 Å². The topological polar surface area (TPSA) is 134 Å². The average molecular weight is 536 g/mol. The highest BCUT2D eigenvalue weighted by molar-refractivity contribution is 5.93. The normalized spacial score (nSPS) is 13.6. The predicted molar refractivity (Wildman–Crippen MR) is 144 cm³/mol. The van der Waals surface area contributed by atoms with Crippen LogP contribution in [0.4, 0.5) is 4.79 Å². The molecule has 0 aliphatic rings. The Hall–Kier alpha value is -3.30. The lowest BCUT2D eigenvalue weighted by Crippen LogP contribution is -2.55. The van der Waals surface area contributed by atoms with Crippen LogP contribution in [0.3, 0.4) is 0 Å². The third kappa shape index (κ3) is 11.0. The molecule has 0 saturated carbocycles. The van der Waals surface area contributed by atoms with Gasteiger partial charge in [0.15, 0.2) is 0 Å². The van der Waals surface area contributed by atoms with Gasteiger partial charge in [-0.05, 0) is 50.8 Å². The Bertz CT molecular complexity index is 912. The first-order valence-electron chi connectivity index (χ1n) is 13.3. The molecule has 10 heteroatoms. The molecule has 3 unspecified atom stereocenters. The molecule has 0 aliphatic heterocycles. The number of carbonyl (C=O) groups is 4. The molecule has 38 heavy (non-hydrogen) atoms. The van der Waals surface area contributed by atoms with Gasteiger partial charge in [0.25, 0.3) is 0 Å². The Morgan fingerprint density at radius 2 is 1.66 bits per heavy atom. The van der Waals surface area contributed by atoms with Crippen LogP contribution in [-0.2, 0) is 23.9 Å². The zero-order chi connectivity index (χ0) is 28.9. The van der Waals surface area contributed by atoms with Gasteiger partial charge in [0.1, 0.15) is 30.0 Å². The van der Waals surface area contributed by atoms with E-state index >= 15 is 0 Å². The molecule has 0 radical (unpaired) electrons. The van der Waals surface area contributed by atoms with E-state index < -0.39 is 41.6 Å². The molecule has 1 aromatic carbocycles. The second-order valence-corrected chi connectivity index (χ2v) is 10.4. The van der Waals surface area contributed by atoms with Crippen molar-refractivity contribution in [2.75, 3.05) is 20.2 Å². The number of benzene rings is 1. The Morgan fingerprint density at radius 3 is 2.18 bits per heavy atom. The van der Waals surface area contributed by atoms with Gasteiger partial charge in [0.2, 0.25) is 11.8 Å². The summed E-state index contributed by atoms with van der Waals surface area (Å²) < 4.78 is 10.1. The first-order chi connectivity index (χ1) is 17.8. The van der Waals surface area contributed by atoms with Gasteiger partial charge >= 0.3 is 12.1 Å². The monoisotopic (exact) mass is 535 g/mol. The number of hydrogen-bond donors (Lipinski definition) is 3. The molecular weight excluding hydrogens is 490 g/mol. The van der Waals surface area contributed by atoms with E-state index in [-0.39, 0.29) is 24.8 Å². The molecule has 0 bridgehead atoms. The minimum atomic E-state index is -1.11. The molecular formula is C28H45N3O7. The zero-order valence-corrected chi connectivity index (χ0v) is 23.8. The number of ether oxygens (including phenoxy) is 2. The molecule has 1 aromatic rings. The van der Waals surface area contributed by atoms with E-state index in [4.69, 9.17) is 4.74 Å². The number of nitrogens with one attached hydrogen (secondary N) is 2. The van der Waals surface area contributed by atoms with E-state index in [0.29, 0.717) is 18.4 Å². The second-order valence-electron chi connectivity index (χ2n) is 10.4. The number of methoxy groups -OCH3 is 1. The van der Waals surface area contributed by atoms with Crippen LogP contribution in [0.2, 0.25) is 0 Å². The average Bonchev–Trinajstić information content (AvgIpc) is 2.86. The van der Waals surface area contributed by atoms with Crippen LogP contribution in [0.5, 0.6) is 5.75 Å². The minimum absolute atomic E-state index is 0.00682. The molecule has 0 heterocycles. The lowest BCUT2D eigenvalue weighted by molar-refractivity contribution is -0.145. The van der Waals surface area contributed by atoms with Gasteiger partial charge in [0, 0.05) is 6.54 Å². The maximum atomic E-state index is 14.1. The lowest BCUT2D eigenvalue weighted by Gasteiger charge is -2.36. The summed E-state index contributed by atoms with van der Waals surface area (Å²) >= 11 is 0. The highest BCUT2D eigenvalue weighted by Gasteiger charge is 2.38. The highest BCUT2D eigenvalue weighted by Crippen LogP contribution is 2.27. The number of hydrogen-bond acceptors (Lipinski definition) is 7. The molecule has 0 fully saturated rings.